The molecule has 2 aromatic rings. The van der Waals surface area contributed by atoms with E-state index in [-0.39, 0.29) is 25.4 Å². The Hall–Kier alpha value is -4.16. The van der Waals surface area contributed by atoms with Gasteiger partial charge in [-0.2, -0.15) is 0 Å². The van der Waals surface area contributed by atoms with Crippen molar-refractivity contribution in [2.75, 3.05) is 13.1 Å². The molecule has 4 unspecified atom stereocenters. The average molecular weight is 743 g/mol. The number of ketones is 1. The molecular weight excluding hydrogens is 697 g/mol. The van der Waals surface area contributed by atoms with Gasteiger partial charge in [0, 0.05) is 24.9 Å². The molecule has 3 aliphatic rings. The lowest BCUT2D eigenvalue weighted by atomic mass is 9.94. The van der Waals surface area contributed by atoms with Gasteiger partial charge in [0.2, 0.25) is 23.5 Å². The zero-order valence-corrected chi connectivity index (χ0v) is 30.7. The van der Waals surface area contributed by atoms with E-state index < -0.39 is 81.9 Å². The molecule has 2 fully saturated rings. The second-order valence-electron chi connectivity index (χ2n) is 14.5. The van der Waals surface area contributed by atoms with Crippen LogP contribution in [0.25, 0.3) is 0 Å². The molecule has 14 heteroatoms. The summed E-state index contributed by atoms with van der Waals surface area (Å²) in [4.78, 5) is 81.4. The number of fused-ring (bicyclic) bond motifs is 2. The lowest BCUT2D eigenvalue weighted by Gasteiger charge is -2.35. The maximum atomic E-state index is 14.4. The zero-order chi connectivity index (χ0) is 37.1. The smallest absolute Gasteiger partial charge is 0.408 e. The summed E-state index contributed by atoms with van der Waals surface area (Å²) < 4.78 is 4.24. The minimum atomic E-state index is -1.27. The summed E-state index contributed by atoms with van der Waals surface area (Å²) in [5.41, 5.74) is 2.19. The first kappa shape index (κ1) is 38.1. The Morgan fingerprint density at radius 1 is 0.922 bits per heavy atom. The minimum absolute atomic E-state index is 0.0612. The molecule has 1 saturated carbocycles. The average Bonchev–Trinajstić information content (AvgIpc) is 3.43. The standard InChI is InChI=1S/C37H45Cl2N5O7/c1-5-11-26(31(46)33(48)41-19-27(45)40-18-21-12-7-6-8-13-21)42-32(47)30-28-25(37(28,38)39)20-44(30)34(49)29(43-35(50)51-36(2,3)4)24-16-22-14-9-10-15-23(22)17-24/h6-10,12-15,24-26,28-30H,5,11,16-20H2,1-4H3,(H,40,45)(H,41,48)(H,42,47)(H,43,50)/t25?,26?,28?,29?,30-/m0/s1. The molecule has 0 radical (unpaired) electrons. The number of alkyl carbamates (subject to hydrolysis) is 1. The molecule has 0 spiro atoms. The highest BCUT2D eigenvalue weighted by Gasteiger charge is 2.74. The van der Waals surface area contributed by atoms with E-state index in [2.05, 4.69) is 21.3 Å². The number of nitrogens with one attached hydrogen (secondary N) is 4. The third-order valence-corrected chi connectivity index (χ3v) is 10.6. The quantitative estimate of drug-likeness (QED) is 0.181. The van der Waals surface area contributed by atoms with Crippen molar-refractivity contribution < 1.29 is 33.5 Å². The monoisotopic (exact) mass is 741 g/mol. The second kappa shape index (κ2) is 15.6. The molecule has 1 saturated heterocycles. The van der Waals surface area contributed by atoms with E-state index in [9.17, 15) is 28.8 Å². The molecule has 0 bridgehead atoms. The van der Waals surface area contributed by atoms with E-state index in [4.69, 9.17) is 27.9 Å². The SMILES string of the molecule is CCCC(NC(=O)[C@@H]1C2C(CN1C(=O)C(NC(=O)OC(C)(C)C)C1Cc3ccccc3C1)C2(Cl)Cl)C(=O)C(=O)NCC(=O)NCc1ccccc1. The molecule has 12 nitrogen and oxygen atoms in total. The van der Waals surface area contributed by atoms with Gasteiger partial charge in [0.15, 0.2) is 0 Å². The first-order valence-corrected chi connectivity index (χ1v) is 18.0. The third kappa shape index (κ3) is 9.02. The van der Waals surface area contributed by atoms with Crippen molar-refractivity contribution in [1.29, 1.82) is 0 Å². The van der Waals surface area contributed by atoms with Crippen LogP contribution >= 0.6 is 23.2 Å². The van der Waals surface area contributed by atoms with Crippen LogP contribution < -0.4 is 21.3 Å². The van der Waals surface area contributed by atoms with Gasteiger partial charge in [0.25, 0.3) is 5.91 Å². The Morgan fingerprint density at radius 3 is 2.16 bits per heavy atom. The molecule has 5 rings (SSSR count). The van der Waals surface area contributed by atoms with Crippen LogP contribution in [0.5, 0.6) is 0 Å². The number of Topliss-reactive ketones (excluding diaryl/α,β-unsaturated/α-hetero) is 1. The molecule has 2 aliphatic carbocycles. The summed E-state index contributed by atoms with van der Waals surface area (Å²) in [6, 6.07) is 13.6. The Balaban J connectivity index is 1.28. The first-order valence-electron chi connectivity index (χ1n) is 17.3. The number of benzene rings is 2. The van der Waals surface area contributed by atoms with Gasteiger partial charge in [0.05, 0.1) is 12.6 Å². The van der Waals surface area contributed by atoms with Crippen LogP contribution in [0.2, 0.25) is 0 Å². The normalized spacial score (nSPS) is 21.4. The summed E-state index contributed by atoms with van der Waals surface area (Å²) >= 11 is 13.2. The highest BCUT2D eigenvalue weighted by molar-refractivity contribution is 6.51. The van der Waals surface area contributed by atoms with Gasteiger partial charge >= 0.3 is 6.09 Å². The van der Waals surface area contributed by atoms with E-state index in [1.807, 2.05) is 54.6 Å². The molecule has 1 aliphatic heterocycles. The Kier molecular flexibility index (Phi) is 11.7. The number of ether oxygens (including phenoxy) is 1. The number of hydrogen-bond donors (Lipinski definition) is 4. The Labute approximate surface area is 307 Å². The molecule has 5 atom stereocenters. The van der Waals surface area contributed by atoms with Gasteiger partial charge in [-0.3, -0.25) is 24.0 Å². The molecule has 0 aromatic heterocycles. The highest BCUT2D eigenvalue weighted by atomic mass is 35.5. The fourth-order valence-corrected chi connectivity index (χ4v) is 7.86. The third-order valence-electron chi connectivity index (χ3n) is 9.55. The molecular formula is C37H45Cl2N5O7. The topological polar surface area (TPSA) is 163 Å². The van der Waals surface area contributed by atoms with Gasteiger partial charge in [-0.05, 0) is 62.6 Å². The van der Waals surface area contributed by atoms with E-state index in [0.29, 0.717) is 19.3 Å². The number of alkyl halides is 2. The van der Waals surface area contributed by atoms with Gasteiger partial charge in [-0.15, -0.1) is 23.2 Å². The molecule has 51 heavy (non-hydrogen) atoms. The Bertz CT molecular complexity index is 1640. The number of carbonyl (C=O) groups is 6. The van der Waals surface area contributed by atoms with Crippen molar-refractivity contribution >= 4 is 58.7 Å². The summed E-state index contributed by atoms with van der Waals surface area (Å²) in [6.07, 6.45) is 0.866. The van der Waals surface area contributed by atoms with Crippen LogP contribution in [-0.4, -0.2) is 81.6 Å². The predicted octanol–water partition coefficient (Wildman–Crippen LogP) is 3.21. The number of likely N-dealkylation sites (tertiary alicyclic amines) is 1. The minimum Gasteiger partial charge on any atom is -0.444 e. The van der Waals surface area contributed by atoms with Crippen LogP contribution in [0.15, 0.2) is 54.6 Å². The van der Waals surface area contributed by atoms with Crippen molar-refractivity contribution in [3.05, 3.63) is 71.3 Å². The molecule has 5 amide bonds. The maximum absolute atomic E-state index is 14.4. The van der Waals surface area contributed by atoms with Crippen LogP contribution in [0, 0.1) is 17.8 Å². The number of hydrogen-bond acceptors (Lipinski definition) is 7. The van der Waals surface area contributed by atoms with E-state index >= 15 is 0 Å². The lowest BCUT2D eigenvalue weighted by Crippen LogP contribution is -2.60. The van der Waals surface area contributed by atoms with Crippen LogP contribution in [0.4, 0.5) is 4.79 Å². The van der Waals surface area contributed by atoms with Crippen molar-refractivity contribution in [1.82, 2.24) is 26.2 Å². The number of rotatable bonds is 13. The van der Waals surface area contributed by atoms with Gasteiger partial charge in [-0.1, -0.05) is 67.9 Å². The van der Waals surface area contributed by atoms with E-state index in [1.165, 1.54) is 4.90 Å². The fourth-order valence-electron chi connectivity index (χ4n) is 7.04. The van der Waals surface area contributed by atoms with Crippen molar-refractivity contribution in [3.63, 3.8) is 0 Å². The van der Waals surface area contributed by atoms with Gasteiger partial charge in [-0.25, -0.2) is 4.79 Å². The van der Waals surface area contributed by atoms with Crippen molar-refractivity contribution in [3.8, 4) is 0 Å². The summed E-state index contributed by atoms with van der Waals surface area (Å²) in [5, 5.41) is 10.5. The number of nitrogens with zero attached hydrogens (tertiary/aromatic N) is 1. The Morgan fingerprint density at radius 2 is 1.55 bits per heavy atom. The predicted molar refractivity (Wildman–Crippen MR) is 191 cm³/mol. The van der Waals surface area contributed by atoms with Crippen LogP contribution in [0.1, 0.15) is 57.2 Å². The van der Waals surface area contributed by atoms with Gasteiger partial charge < -0.3 is 30.9 Å². The van der Waals surface area contributed by atoms with Crippen molar-refractivity contribution in [2.45, 2.75) is 88.0 Å². The zero-order valence-electron chi connectivity index (χ0n) is 29.2. The largest absolute Gasteiger partial charge is 0.444 e. The van der Waals surface area contributed by atoms with Crippen LogP contribution in [-0.2, 0) is 48.1 Å². The highest BCUT2D eigenvalue weighted by Crippen LogP contribution is 2.65. The lowest BCUT2D eigenvalue weighted by molar-refractivity contribution is -0.144. The van der Waals surface area contributed by atoms with Gasteiger partial charge in [0.1, 0.15) is 22.0 Å². The molecule has 1 heterocycles. The van der Waals surface area contributed by atoms with Crippen molar-refractivity contribution in [2.24, 2.45) is 17.8 Å². The number of amides is 5. The number of piperidine rings is 1. The maximum Gasteiger partial charge on any atom is 0.408 e. The number of halogens is 2. The van der Waals surface area contributed by atoms with E-state index in [0.717, 1.165) is 16.7 Å². The van der Waals surface area contributed by atoms with Crippen LogP contribution in [0.3, 0.4) is 0 Å². The van der Waals surface area contributed by atoms with E-state index in [1.54, 1.807) is 27.7 Å². The molecule has 4 N–H and O–H groups in total. The number of carbonyl (C=O) groups excluding carboxylic acids is 6. The summed E-state index contributed by atoms with van der Waals surface area (Å²) in [5.74, 6) is -5.00. The summed E-state index contributed by atoms with van der Waals surface area (Å²) in [6.45, 7) is 6.83. The molecule has 274 valence electrons. The fraction of sp³-hybridized carbons (Fsp3) is 0.514. The first-order chi connectivity index (χ1) is 24.1. The second-order valence-corrected chi connectivity index (χ2v) is 15.9. The summed E-state index contributed by atoms with van der Waals surface area (Å²) in [7, 11) is 0. The molecule has 2 aromatic carbocycles.